The topological polar surface area (TPSA) is 81.7 Å². The SMILES string of the molecule is CCOc1ccc(OCC(=O)NCC2CCS(=O)(=O)C2)cc1. The van der Waals surface area contributed by atoms with Gasteiger partial charge in [-0.15, -0.1) is 0 Å². The first kappa shape index (κ1) is 16.6. The Hall–Kier alpha value is -1.76. The third-order valence-corrected chi connectivity index (χ3v) is 5.26. The zero-order chi connectivity index (χ0) is 16.0. The Morgan fingerprint density at radius 2 is 1.86 bits per heavy atom. The lowest BCUT2D eigenvalue weighted by atomic mass is 10.1. The van der Waals surface area contributed by atoms with Crippen molar-refractivity contribution in [2.45, 2.75) is 13.3 Å². The molecular formula is C15H21NO5S. The summed E-state index contributed by atoms with van der Waals surface area (Å²) in [6.07, 6.45) is 0.613. The van der Waals surface area contributed by atoms with Crippen molar-refractivity contribution in [2.24, 2.45) is 5.92 Å². The number of carbonyl (C=O) groups is 1. The van der Waals surface area contributed by atoms with E-state index < -0.39 is 9.84 Å². The summed E-state index contributed by atoms with van der Waals surface area (Å²) < 4.78 is 33.3. The highest BCUT2D eigenvalue weighted by Crippen LogP contribution is 2.18. The van der Waals surface area contributed by atoms with E-state index in [9.17, 15) is 13.2 Å². The van der Waals surface area contributed by atoms with Gasteiger partial charge in [-0.3, -0.25) is 4.79 Å². The average Bonchev–Trinajstić information content (AvgIpc) is 2.84. The first-order valence-electron chi connectivity index (χ1n) is 7.31. The highest BCUT2D eigenvalue weighted by atomic mass is 32.2. The summed E-state index contributed by atoms with van der Waals surface area (Å²) in [4.78, 5) is 11.7. The normalized spacial score (nSPS) is 19.6. The molecule has 1 saturated heterocycles. The predicted octanol–water partition coefficient (Wildman–Crippen LogP) is 1.01. The van der Waals surface area contributed by atoms with Gasteiger partial charge in [-0.25, -0.2) is 8.42 Å². The molecule has 122 valence electrons. The lowest BCUT2D eigenvalue weighted by Gasteiger charge is -2.11. The lowest BCUT2D eigenvalue weighted by molar-refractivity contribution is -0.123. The van der Waals surface area contributed by atoms with Gasteiger partial charge in [0.05, 0.1) is 18.1 Å². The molecule has 0 aliphatic carbocycles. The zero-order valence-electron chi connectivity index (χ0n) is 12.6. The van der Waals surface area contributed by atoms with Crippen molar-refractivity contribution in [1.29, 1.82) is 0 Å². The number of benzene rings is 1. The van der Waals surface area contributed by atoms with Gasteiger partial charge in [-0.2, -0.15) is 0 Å². The number of hydrogen-bond donors (Lipinski definition) is 1. The molecule has 1 aromatic carbocycles. The fourth-order valence-electron chi connectivity index (χ4n) is 2.29. The molecule has 1 unspecified atom stereocenters. The summed E-state index contributed by atoms with van der Waals surface area (Å²) in [6, 6.07) is 7.03. The number of carbonyl (C=O) groups excluding carboxylic acids is 1. The van der Waals surface area contributed by atoms with Crippen LogP contribution in [0.3, 0.4) is 0 Å². The maximum Gasteiger partial charge on any atom is 0.257 e. The van der Waals surface area contributed by atoms with Crippen LogP contribution in [-0.2, 0) is 14.6 Å². The molecular weight excluding hydrogens is 306 g/mol. The molecule has 1 N–H and O–H groups in total. The van der Waals surface area contributed by atoms with E-state index in [1.54, 1.807) is 24.3 Å². The minimum Gasteiger partial charge on any atom is -0.494 e. The first-order chi connectivity index (χ1) is 10.5. The number of amides is 1. The van der Waals surface area contributed by atoms with E-state index in [0.29, 0.717) is 25.3 Å². The van der Waals surface area contributed by atoms with Gasteiger partial charge in [0.15, 0.2) is 16.4 Å². The fourth-order valence-corrected chi connectivity index (χ4v) is 4.15. The van der Waals surface area contributed by atoms with E-state index in [1.807, 2.05) is 6.92 Å². The molecule has 1 aliphatic heterocycles. The predicted molar refractivity (Wildman–Crippen MR) is 82.9 cm³/mol. The van der Waals surface area contributed by atoms with E-state index in [-0.39, 0.29) is 29.9 Å². The monoisotopic (exact) mass is 327 g/mol. The van der Waals surface area contributed by atoms with Gasteiger partial charge in [0.2, 0.25) is 0 Å². The first-order valence-corrected chi connectivity index (χ1v) is 9.13. The van der Waals surface area contributed by atoms with Crippen molar-refractivity contribution in [3.63, 3.8) is 0 Å². The number of rotatable bonds is 7. The molecule has 22 heavy (non-hydrogen) atoms. The van der Waals surface area contributed by atoms with Gasteiger partial charge in [-0.1, -0.05) is 0 Å². The standard InChI is InChI=1S/C15H21NO5S/c1-2-20-13-3-5-14(6-4-13)21-10-15(17)16-9-12-7-8-22(18,19)11-12/h3-6,12H,2,7-11H2,1H3,(H,16,17). The molecule has 6 nitrogen and oxygen atoms in total. The van der Waals surface area contributed by atoms with Gasteiger partial charge in [0, 0.05) is 6.54 Å². The molecule has 1 aromatic rings. The molecule has 1 fully saturated rings. The van der Waals surface area contributed by atoms with Crippen LogP contribution in [0.2, 0.25) is 0 Å². The second-order valence-electron chi connectivity index (χ2n) is 5.27. The van der Waals surface area contributed by atoms with Crippen molar-refractivity contribution in [3.05, 3.63) is 24.3 Å². The van der Waals surface area contributed by atoms with Crippen molar-refractivity contribution < 1.29 is 22.7 Å². The summed E-state index contributed by atoms with van der Waals surface area (Å²) >= 11 is 0. The smallest absolute Gasteiger partial charge is 0.257 e. The third-order valence-electron chi connectivity index (χ3n) is 3.42. The van der Waals surface area contributed by atoms with Crippen molar-refractivity contribution in [1.82, 2.24) is 5.32 Å². The number of hydrogen-bond acceptors (Lipinski definition) is 5. The maximum atomic E-state index is 11.7. The largest absolute Gasteiger partial charge is 0.494 e. The Morgan fingerprint density at radius 3 is 2.41 bits per heavy atom. The van der Waals surface area contributed by atoms with Crippen LogP contribution >= 0.6 is 0 Å². The lowest BCUT2D eigenvalue weighted by Crippen LogP contribution is -2.33. The molecule has 1 heterocycles. The summed E-state index contributed by atoms with van der Waals surface area (Å²) in [6.45, 7) is 2.79. The molecule has 2 rings (SSSR count). The van der Waals surface area contributed by atoms with Crippen LogP contribution in [0.4, 0.5) is 0 Å². The highest BCUT2D eigenvalue weighted by Gasteiger charge is 2.27. The Bertz CT molecular complexity index is 597. The van der Waals surface area contributed by atoms with Crippen LogP contribution in [0.25, 0.3) is 0 Å². The van der Waals surface area contributed by atoms with E-state index in [2.05, 4.69) is 5.32 Å². The summed E-state index contributed by atoms with van der Waals surface area (Å²) in [7, 11) is -2.90. The summed E-state index contributed by atoms with van der Waals surface area (Å²) in [5.74, 6) is 1.48. The van der Waals surface area contributed by atoms with Crippen LogP contribution in [0.1, 0.15) is 13.3 Å². The average molecular weight is 327 g/mol. The highest BCUT2D eigenvalue weighted by molar-refractivity contribution is 7.91. The number of sulfone groups is 1. The Labute approximate surface area is 130 Å². The van der Waals surface area contributed by atoms with Crippen LogP contribution in [0, 0.1) is 5.92 Å². The fraction of sp³-hybridized carbons (Fsp3) is 0.533. The number of ether oxygens (including phenoxy) is 2. The summed E-state index contributed by atoms with van der Waals surface area (Å²) in [5.41, 5.74) is 0. The van der Waals surface area contributed by atoms with E-state index in [4.69, 9.17) is 9.47 Å². The van der Waals surface area contributed by atoms with Gasteiger partial charge >= 0.3 is 0 Å². The van der Waals surface area contributed by atoms with Gasteiger partial charge in [0.25, 0.3) is 5.91 Å². The van der Waals surface area contributed by atoms with Crippen molar-refractivity contribution >= 4 is 15.7 Å². The molecule has 7 heteroatoms. The summed E-state index contributed by atoms with van der Waals surface area (Å²) in [5, 5.41) is 2.71. The quantitative estimate of drug-likeness (QED) is 0.808. The van der Waals surface area contributed by atoms with Gasteiger partial charge in [0.1, 0.15) is 11.5 Å². The Kier molecular flexibility index (Phi) is 5.65. The van der Waals surface area contributed by atoms with Crippen LogP contribution in [0.5, 0.6) is 11.5 Å². The third kappa shape index (κ3) is 5.22. The van der Waals surface area contributed by atoms with E-state index in [1.165, 1.54) is 0 Å². The Morgan fingerprint density at radius 1 is 1.23 bits per heavy atom. The second-order valence-corrected chi connectivity index (χ2v) is 7.49. The molecule has 0 aromatic heterocycles. The molecule has 1 amide bonds. The van der Waals surface area contributed by atoms with Crippen molar-refractivity contribution in [3.8, 4) is 11.5 Å². The van der Waals surface area contributed by atoms with Gasteiger partial charge in [-0.05, 0) is 43.5 Å². The number of nitrogens with one attached hydrogen (secondary N) is 1. The molecule has 0 bridgehead atoms. The van der Waals surface area contributed by atoms with Gasteiger partial charge < -0.3 is 14.8 Å². The van der Waals surface area contributed by atoms with Crippen LogP contribution in [-0.4, -0.2) is 45.6 Å². The molecule has 0 radical (unpaired) electrons. The maximum absolute atomic E-state index is 11.7. The Balaban J connectivity index is 1.69. The minimum absolute atomic E-state index is 0.0134. The van der Waals surface area contributed by atoms with Crippen LogP contribution in [0.15, 0.2) is 24.3 Å². The molecule has 0 spiro atoms. The minimum atomic E-state index is -2.90. The molecule has 0 saturated carbocycles. The van der Waals surface area contributed by atoms with E-state index >= 15 is 0 Å². The van der Waals surface area contributed by atoms with E-state index in [0.717, 1.165) is 5.75 Å². The zero-order valence-corrected chi connectivity index (χ0v) is 13.4. The molecule has 1 atom stereocenters. The molecule has 1 aliphatic rings. The van der Waals surface area contributed by atoms with Crippen molar-refractivity contribution in [2.75, 3.05) is 31.3 Å². The second kappa shape index (κ2) is 7.49. The van der Waals surface area contributed by atoms with Crippen LogP contribution < -0.4 is 14.8 Å².